The van der Waals surface area contributed by atoms with E-state index in [1.54, 1.807) is 24.3 Å². The van der Waals surface area contributed by atoms with Gasteiger partial charge in [0.1, 0.15) is 5.75 Å². The number of anilines is 1. The molecule has 7 heteroatoms. The first-order valence-electron chi connectivity index (χ1n) is 5.22. The second-order valence-electron chi connectivity index (χ2n) is 3.80. The van der Waals surface area contributed by atoms with E-state index in [0.717, 1.165) is 4.47 Å². The zero-order valence-electron chi connectivity index (χ0n) is 9.71. The molecule has 5 nitrogen and oxygen atoms in total. The third-order valence-electron chi connectivity index (χ3n) is 2.36. The van der Waals surface area contributed by atoms with Crippen LogP contribution in [0.2, 0.25) is 0 Å². The van der Waals surface area contributed by atoms with Crippen molar-refractivity contribution >= 4 is 31.6 Å². The summed E-state index contributed by atoms with van der Waals surface area (Å²) in [6, 6.07) is 11.1. The van der Waals surface area contributed by atoms with E-state index in [0.29, 0.717) is 11.4 Å². The Morgan fingerprint density at radius 1 is 1.05 bits per heavy atom. The maximum Gasteiger partial charge on any atom is 0.238 e. The quantitative estimate of drug-likeness (QED) is 0.837. The lowest BCUT2D eigenvalue weighted by atomic mass is 10.3. The maximum atomic E-state index is 11.3. The van der Waals surface area contributed by atoms with Gasteiger partial charge in [0.05, 0.1) is 10.6 Å². The zero-order chi connectivity index (χ0) is 14.0. The lowest BCUT2D eigenvalue weighted by Gasteiger charge is -2.09. The minimum atomic E-state index is -3.78. The Bertz CT molecular complexity index is 699. The number of hydrogen-bond donors (Lipinski definition) is 2. The van der Waals surface area contributed by atoms with E-state index in [4.69, 9.17) is 15.6 Å². The van der Waals surface area contributed by atoms with Crippen LogP contribution in [-0.4, -0.2) is 8.42 Å². The van der Waals surface area contributed by atoms with Crippen LogP contribution < -0.4 is 15.6 Å². The van der Waals surface area contributed by atoms with Gasteiger partial charge in [-0.3, -0.25) is 0 Å². The first-order valence-corrected chi connectivity index (χ1v) is 7.56. The number of benzene rings is 2. The molecule has 0 radical (unpaired) electrons. The van der Waals surface area contributed by atoms with E-state index in [2.05, 4.69) is 15.9 Å². The molecule has 0 saturated heterocycles. The van der Waals surface area contributed by atoms with Crippen molar-refractivity contribution in [3.8, 4) is 11.5 Å². The molecule has 0 aliphatic heterocycles. The van der Waals surface area contributed by atoms with Crippen molar-refractivity contribution in [2.24, 2.45) is 5.14 Å². The Morgan fingerprint density at radius 2 is 1.68 bits per heavy atom. The fraction of sp³-hybridized carbons (Fsp3) is 0. The molecule has 0 aliphatic rings. The largest absolute Gasteiger partial charge is 0.455 e. The first-order chi connectivity index (χ1) is 8.86. The summed E-state index contributed by atoms with van der Waals surface area (Å²) in [7, 11) is -3.78. The fourth-order valence-electron chi connectivity index (χ4n) is 1.41. The van der Waals surface area contributed by atoms with Crippen LogP contribution in [0.1, 0.15) is 0 Å². The second kappa shape index (κ2) is 5.20. The van der Waals surface area contributed by atoms with Crippen LogP contribution in [-0.2, 0) is 10.0 Å². The molecule has 0 fully saturated rings. The number of primary sulfonamides is 1. The Kier molecular flexibility index (Phi) is 3.79. The van der Waals surface area contributed by atoms with Gasteiger partial charge in [-0.1, -0.05) is 15.9 Å². The molecule has 0 aliphatic carbocycles. The fourth-order valence-corrected chi connectivity index (χ4v) is 2.20. The number of nitrogen functional groups attached to an aromatic ring is 1. The number of nitrogens with two attached hydrogens (primary N) is 2. The summed E-state index contributed by atoms with van der Waals surface area (Å²) < 4.78 is 29.0. The number of hydrogen-bond acceptors (Lipinski definition) is 4. The molecule has 2 aromatic carbocycles. The molecule has 0 bridgehead atoms. The molecule has 0 aromatic heterocycles. The standard InChI is InChI=1S/C12H11BrN2O3S/c13-8-1-3-9(4-2-8)18-12-7-10(19(15,16)17)5-6-11(12)14/h1-7H,14H2,(H2,15,16,17). The molecule has 0 unspecified atom stereocenters. The molecule has 0 atom stereocenters. The topological polar surface area (TPSA) is 95.4 Å². The van der Waals surface area contributed by atoms with E-state index in [9.17, 15) is 8.42 Å². The summed E-state index contributed by atoms with van der Waals surface area (Å²) in [4.78, 5) is -0.0474. The van der Waals surface area contributed by atoms with Crippen molar-refractivity contribution in [3.63, 3.8) is 0 Å². The molecule has 19 heavy (non-hydrogen) atoms. The van der Waals surface area contributed by atoms with Gasteiger partial charge < -0.3 is 10.5 Å². The average Bonchev–Trinajstić information content (AvgIpc) is 2.33. The summed E-state index contributed by atoms with van der Waals surface area (Å²) in [6.07, 6.45) is 0. The number of rotatable bonds is 3. The highest BCUT2D eigenvalue weighted by Gasteiger charge is 2.11. The third kappa shape index (κ3) is 3.46. The van der Waals surface area contributed by atoms with Crippen LogP contribution in [0.3, 0.4) is 0 Å². The number of ether oxygens (including phenoxy) is 1. The smallest absolute Gasteiger partial charge is 0.238 e. The number of halogens is 1. The van der Waals surface area contributed by atoms with Crippen molar-refractivity contribution < 1.29 is 13.2 Å². The normalized spacial score (nSPS) is 11.3. The van der Waals surface area contributed by atoms with Gasteiger partial charge in [0.2, 0.25) is 10.0 Å². The monoisotopic (exact) mass is 342 g/mol. The molecule has 0 amide bonds. The Morgan fingerprint density at radius 3 is 2.26 bits per heavy atom. The molecule has 100 valence electrons. The summed E-state index contributed by atoms with van der Waals surface area (Å²) in [5, 5.41) is 5.06. The summed E-state index contributed by atoms with van der Waals surface area (Å²) in [5.41, 5.74) is 6.07. The molecule has 0 heterocycles. The Hall–Kier alpha value is -1.57. The Labute approximate surface area is 119 Å². The van der Waals surface area contributed by atoms with E-state index >= 15 is 0 Å². The van der Waals surface area contributed by atoms with Gasteiger partial charge in [-0.2, -0.15) is 0 Å². The molecular weight excluding hydrogens is 332 g/mol. The van der Waals surface area contributed by atoms with Gasteiger partial charge in [-0.15, -0.1) is 0 Å². The predicted octanol–water partition coefficient (Wildman–Crippen LogP) is 2.47. The first kappa shape index (κ1) is 13.9. The van der Waals surface area contributed by atoms with Gasteiger partial charge >= 0.3 is 0 Å². The molecule has 0 saturated carbocycles. The maximum absolute atomic E-state index is 11.3. The van der Waals surface area contributed by atoms with Crippen LogP contribution in [0, 0.1) is 0 Å². The van der Waals surface area contributed by atoms with Crippen LogP contribution in [0.25, 0.3) is 0 Å². The lowest BCUT2D eigenvalue weighted by Crippen LogP contribution is -2.12. The van der Waals surface area contributed by atoms with Crippen LogP contribution in [0.4, 0.5) is 5.69 Å². The van der Waals surface area contributed by atoms with Crippen LogP contribution in [0.5, 0.6) is 11.5 Å². The molecule has 4 N–H and O–H groups in total. The average molecular weight is 343 g/mol. The molecular formula is C12H11BrN2O3S. The Balaban J connectivity index is 2.37. The predicted molar refractivity (Wildman–Crippen MR) is 76.4 cm³/mol. The van der Waals surface area contributed by atoms with Crippen molar-refractivity contribution in [2.75, 3.05) is 5.73 Å². The second-order valence-corrected chi connectivity index (χ2v) is 6.28. The highest BCUT2D eigenvalue weighted by molar-refractivity contribution is 9.10. The third-order valence-corrected chi connectivity index (χ3v) is 3.79. The minimum Gasteiger partial charge on any atom is -0.455 e. The van der Waals surface area contributed by atoms with Crippen molar-refractivity contribution in [2.45, 2.75) is 4.90 Å². The van der Waals surface area contributed by atoms with Crippen molar-refractivity contribution in [1.29, 1.82) is 0 Å². The van der Waals surface area contributed by atoms with E-state index in [-0.39, 0.29) is 10.6 Å². The van der Waals surface area contributed by atoms with Crippen LogP contribution >= 0.6 is 15.9 Å². The molecule has 0 spiro atoms. The highest BCUT2D eigenvalue weighted by Crippen LogP contribution is 2.30. The van der Waals surface area contributed by atoms with Gasteiger partial charge in [-0.05, 0) is 36.4 Å². The highest BCUT2D eigenvalue weighted by atomic mass is 79.9. The van der Waals surface area contributed by atoms with E-state index in [1.165, 1.54) is 18.2 Å². The van der Waals surface area contributed by atoms with Crippen LogP contribution in [0.15, 0.2) is 51.8 Å². The summed E-state index contributed by atoms with van der Waals surface area (Å²) in [6.45, 7) is 0. The zero-order valence-corrected chi connectivity index (χ0v) is 12.1. The van der Waals surface area contributed by atoms with Gasteiger partial charge in [0.15, 0.2) is 5.75 Å². The van der Waals surface area contributed by atoms with Crippen molar-refractivity contribution in [3.05, 3.63) is 46.9 Å². The molecule has 2 aromatic rings. The summed E-state index contributed by atoms with van der Waals surface area (Å²) >= 11 is 3.31. The van der Waals surface area contributed by atoms with E-state index in [1.807, 2.05) is 0 Å². The minimum absolute atomic E-state index is 0.0474. The summed E-state index contributed by atoms with van der Waals surface area (Å²) in [5.74, 6) is 0.787. The van der Waals surface area contributed by atoms with Crippen molar-refractivity contribution in [1.82, 2.24) is 0 Å². The SMILES string of the molecule is Nc1ccc(S(N)(=O)=O)cc1Oc1ccc(Br)cc1. The van der Waals surface area contributed by atoms with Gasteiger partial charge in [0.25, 0.3) is 0 Å². The lowest BCUT2D eigenvalue weighted by molar-refractivity contribution is 0.483. The van der Waals surface area contributed by atoms with Gasteiger partial charge in [0, 0.05) is 10.5 Å². The molecule has 2 rings (SSSR count). The van der Waals surface area contributed by atoms with Gasteiger partial charge in [-0.25, -0.2) is 13.6 Å². The van der Waals surface area contributed by atoms with E-state index < -0.39 is 10.0 Å². The number of sulfonamides is 1.